The van der Waals surface area contributed by atoms with Crippen molar-refractivity contribution in [2.75, 3.05) is 13.7 Å². The van der Waals surface area contributed by atoms with Crippen molar-refractivity contribution >= 4 is 17.7 Å². The first-order chi connectivity index (χ1) is 18.0. The van der Waals surface area contributed by atoms with Gasteiger partial charge < -0.3 is 45.3 Å². The molecule has 0 saturated carbocycles. The maximum absolute atomic E-state index is 12.6. The molecule has 1 aromatic rings. The topological polar surface area (TPSA) is 263 Å². The number of hydrogen-bond donors (Lipinski definition) is 7. The minimum atomic E-state index is -1.87. The lowest BCUT2D eigenvalue weighted by Crippen LogP contribution is -2.54. The van der Waals surface area contributed by atoms with Crippen molar-refractivity contribution in [3.63, 3.8) is 0 Å². The molecule has 5 unspecified atom stereocenters. The first-order valence-corrected chi connectivity index (χ1v) is 11.1. The second-order valence-electron chi connectivity index (χ2n) is 8.46. The van der Waals surface area contributed by atoms with Crippen molar-refractivity contribution in [1.29, 1.82) is 0 Å². The van der Waals surface area contributed by atoms with Crippen LogP contribution in [0, 0.1) is 0 Å². The molecule has 4 rings (SSSR count). The van der Waals surface area contributed by atoms with Gasteiger partial charge in [0, 0.05) is 19.4 Å². The average molecular weight is 543 g/mol. The van der Waals surface area contributed by atoms with Gasteiger partial charge in [0.15, 0.2) is 18.1 Å². The Morgan fingerprint density at radius 1 is 1.24 bits per heavy atom. The zero-order chi connectivity index (χ0) is 27.7. The standard InChI is InChI=1S/C20H25N5O13/c1-34-12-11(29)18(25-3-2-9(27)23-20(25)33)37-13(12)14(15(21)30)38-19-10(28)7(26)4-8(36-19)17(32)22-6-5-35-24-16(6)31/h2-4,6-7,10-14,18-19,26,28-29H,5H2,1H3,(H2,21,30)(H,22,32)(H,24,31)(H,23,27,33)/t6-,7?,10?,11?,12?,13+,14?,18-,19-/m1/s1. The number of nitrogens with one attached hydrogen (secondary N) is 3. The van der Waals surface area contributed by atoms with E-state index in [0.717, 1.165) is 22.9 Å². The van der Waals surface area contributed by atoms with Gasteiger partial charge in [-0.15, -0.1) is 0 Å². The van der Waals surface area contributed by atoms with Crippen LogP contribution in [0.3, 0.4) is 0 Å². The number of hydrogen-bond acceptors (Lipinski definition) is 13. The normalized spacial score (nSPS) is 33.7. The van der Waals surface area contributed by atoms with Crippen LogP contribution in [0.4, 0.5) is 0 Å². The van der Waals surface area contributed by atoms with Crippen LogP contribution in [0.25, 0.3) is 0 Å². The number of methoxy groups -OCH3 is 1. The number of H-pyrrole nitrogens is 1. The van der Waals surface area contributed by atoms with Gasteiger partial charge in [-0.2, -0.15) is 0 Å². The van der Waals surface area contributed by atoms with Crippen LogP contribution in [-0.4, -0.2) is 105 Å². The third-order valence-corrected chi connectivity index (χ3v) is 5.97. The van der Waals surface area contributed by atoms with Crippen molar-refractivity contribution in [3.8, 4) is 0 Å². The smallest absolute Gasteiger partial charge is 0.330 e. The van der Waals surface area contributed by atoms with Crippen LogP contribution in [0.1, 0.15) is 6.23 Å². The molecule has 2 saturated heterocycles. The molecule has 3 amide bonds. The van der Waals surface area contributed by atoms with Gasteiger partial charge in [0.05, 0.1) is 0 Å². The molecule has 3 aliphatic heterocycles. The summed E-state index contributed by atoms with van der Waals surface area (Å²) < 4.78 is 22.6. The fourth-order valence-electron chi connectivity index (χ4n) is 4.07. The number of aromatic nitrogens is 2. The summed E-state index contributed by atoms with van der Waals surface area (Å²) >= 11 is 0. The molecule has 208 valence electrons. The van der Waals surface area contributed by atoms with Crippen LogP contribution in [0.2, 0.25) is 0 Å². The second-order valence-corrected chi connectivity index (χ2v) is 8.46. The van der Waals surface area contributed by atoms with E-state index in [1.54, 1.807) is 0 Å². The van der Waals surface area contributed by atoms with E-state index in [1.807, 2.05) is 10.5 Å². The molecule has 0 spiro atoms. The Kier molecular flexibility index (Phi) is 7.92. The lowest BCUT2D eigenvalue weighted by atomic mass is 10.0. The molecule has 3 aliphatic rings. The Bertz CT molecular complexity index is 1230. The van der Waals surface area contributed by atoms with Crippen molar-refractivity contribution in [2.24, 2.45) is 5.73 Å². The molecule has 4 heterocycles. The monoisotopic (exact) mass is 543 g/mol. The Morgan fingerprint density at radius 2 is 1.97 bits per heavy atom. The fraction of sp³-hybridized carbons (Fsp3) is 0.550. The predicted molar refractivity (Wildman–Crippen MR) is 117 cm³/mol. The number of carbonyl (C=O) groups excluding carboxylic acids is 3. The largest absolute Gasteiger partial charge is 0.456 e. The number of amides is 3. The molecule has 9 atom stereocenters. The number of aromatic amines is 1. The van der Waals surface area contributed by atoms with E-state index >= 15 is 0 Å². The number of aliphatic hydroxyl groups is 3. The first kappa shape index (κ1) is 27.4. The summed E-state index contributed by atoms with van der Waals surface area (Å²) in [6.45, 7) is -0.175. The minimum Gasteiger partial charge on any atom is -0.456 e. The van der Waals surface area contributed by atoms with E-state index in [-0.39, 0.29) is 6.61 Å². The highest BCUT2D eigenvalue weighted by atomic mass is 16.7. The van der Waals surface area contributed by atoms with Crippen LogP contribution in [-0.2, 0) is 38.2 Å². The van der Waals surface area contributed by atoms with Gasteiger partial charge >= 0.3 is 5.69 Å². The van der Waals surface area contributed by atoms with E-state index in [0.29, 0.717) is 0 Å². The number of nitrogens with zero attached hydrogens (tertiary/aromatic N) is 1. The first-order valence-electron chi connectivity index (χ1n) is 11.1. The molecule has 2 fully saturated rings. The molecule has 18 nitrogen and oxygen atoms in total. The molecule has 18 heteroatoms. The molecule has 0 radical (unpaired) electrons. The average Bonchev–Trinajstić information content (AvgIpc) is 3.41. The SMILES string of the molecule is COC1C(O)[C@H](n2ccc(=O)[nH]c2=O)O[C@@H]1C(O[C@H]1OC(C(=O)N[C@@H]2CONC2=O)=CC(O)C1O)C(N)=O. The van der Waals surface area contributed by atoms with E-state index in [2.05, 4.69) is 5.32 Å². The third-order valence-electron chi connectivity index (χ3n) is 5.97. The van der Waals surface area contributed by atoms with Crippen molar-refractivity contribution in [3.05, 3.63) is 44.9 Å². The zero-order valence-electron chi connectivity index (χ0n) is 19.6. The van der Waals surface area contributed by atoms with Crippen molar-refractivity contribution in [2.45, 2.75) is 55.2 Å². The van der Waals surface area contributed by atoms with E-state index in [9.17, 15) is 39.3 Å². The summed E-state index contributed by atoms with van der Waals surface area (Å²) in [5.74, 6) is -3.32. The summed E-state index contributed by atoms with van der Waals surface area (Å²) in [4.78, 5) is 66.9. The van der Waals surface area contributed by atoms with Crippen LogP contribution < -0.4 is 27.8 Å². The zero-order valence-corrected chi connectivity index (χ0v) is 19.6. The third kappa shape index (κ3) is 5.31. The van der Waals surface area contributed by atoms with Gasteiger partial charge in [-0.1, -0.05) is 0 Å². The van der Waals surface area contributed by atoms with E-state index in [1.165, 1.54) is 7.11 Å². The molecular weight excluding hydrogens is 518 g/mol. The molecular formula is C20H25N5O13. The van der Waals surface area contributed by atoms with E-state index < -0.39 is 89.9 Å². The quantitative estimate of drug-likeness (QED) is 0.161. The summed E-state index contributed by atoms with van der Waals surface area (Å²) in [6, 6.07) is -0.0550. The van der Waals surface area contributed by atoms with Gasteiger partial charge in [-0.3, -0.25) is 33.6 Å². The highest BCUT2D eigenvalue weighted by molar-refractivity contribution is 5.96. The molecule has 0 aliphatic carbocycles. The maximum atomic E-state index is 12.6. The number of aliphatic hydroxyl groups excluding tert-OH is 3. The van der Waals surface area contributed by atoms with Gasteiger partial charge in [-0.25, -0.2) is 10.3 Å². The number of hydroxylamine groups is 1. The summed E-state index contributed by atoms with van der Waals surface area (Å²) in [5, 5.41) is 33.7. The fourth-order valence-corrected chi connectivity index (χ4v) is 4.07. The Morgan fingerprint density at radius 3 is 2.58 bits per heavy atom. The van der Waals surface area contributed by atoms with Gasteiger partial charge in [0.1, 0.15) is 43.2 Å². The molecule has 0 aromatic carbocycles. The lowest BCUT2D eigenvalue weighted by molar-refractivity contribution is -0.241. The minimum absolute atomic E-state index is 0.175. The maximum Gasteiger partial charge on any atom is 0.330 e. The summed E-state index contributed by atoms with van der Waals surface area (Å²) in [6.07, 6.45) is -11.1. The Hall–Kier alpha value is -3.65. The summed E-state index contributed by atoms with van der Waals surface area (Å²) in [7, 11) is 1.17. The number of ether oxygens (including phenoxy) is 4. The van der Waals surface area contributed by atoms with E-state index in [4.69, 9.17) is 29.5 Å². The van der Waals surface area contributed by atoms with Gasteiger partial charge in [0.2, 0.25) is 12.2 Å². The second kappa shape index (κ2) is 11.0. The number of primary amides is 1. The Balaban J connectivity index is 1.54. The molecule has 8 N–H and O–H groups in total. The van der Waals surface area contributed by atoms with Crippen LogP contribution >= 0.6 is 0 Å². The van der Waals surface area contributed by atoms with Gasteiger partial charge in [-0.05, 0) is 6.08 Å². The number of rotatable bonds is 8. The van der Waals surface area contributed by atoms with Crippen LogP contribution in [0.5, 0.6) is 0 Å². The van der Waals surface area contributed by atoms with Crippen molar-refractivity contribution in [1.82, 2.24) is 20.3 Å². The molecule has 38 heavy (non-hydrogen) atoms. The highest BCUT2D eigenvalue weighted by Crippen LogP contribution is 2.34. The number of nitrogens with two attached hydrogens (primary N) is 1. The Labute approximate surface area is 211 Å². The summed E-state index contributed by atoms with van der Waals surface area (Å²) in [5.41, 5.74) is 5.90. The highest BCUT2D eigenvalue weighted by Gasteiger charge is 2.52. The predicted octanol–water partition coefficient (Wildman–Crippen LogP) is -5.81. The van der Waals surface area contributed by atoms with Gasteiger partial charge in [0.25, 0.3) is 17.4 Å². The number of carbonyl (C=O) groups is 3. The molecule has 1 aromatic heterocycles. The van der Waals surface area contributed by atoms with Crippen LogP contribution in [0.15, 0.2) is 33.7 Å². The van der Waals surface area contributed by atoms with Crippen molar-refractivity contribution < 1.29 is 53.5 Å². The molecule has 0 bridgehead atoms. The lowest BCUT2D eigenvalue weighted by Gasteiger charge is -2.35.